The molecule has 0 spiro atoms. The highest BCUT2D eigenvalue weighted by Gasteiger charge is 2.40. The molecular formula is C15H23N3O4. The lowest BCUT2D eigenvalue weighted by molar-refractivity contribution is -0.0257. The van der Waals surface area contributed by atoms with E-state index in [9.17, 15) is 9.90 Å². The predicted octanol–water partition coefficient (Wildman–Crippen LogP) is 0.146. The summed E-state index contributed by atoms with van der Waals surface area (Å²) in [6, 6.07) is 1.68. The number of morpholine rings is 1. The molecule has 1 unspecified atom stereocenters. The molecule has 7 heteroatoms. The first-order valence-electron chi connectivity index (χ1n) is 7.87. The van der Waals surface area contributed by atoms with Crippen molar-refractivity contribution in [3.05, 3.63) is 17.5 Å². The van der Waals surface area contributed by atoms with Gasteiger partial charge in [-0.15, -0.1) is 0 Å². The van der Waals surface area contributed by atoms with E-state index >= 15 is 0 Å². The fraction of sp³-hybridized carbons (Fsp3) is 0.733. The van der Waals surface area contributed by atoms with Crippen LogP contribution in [0.1, 0.15) is 29.6 Å². The summed E-state index contributed by atoms with van der Waals surface area (Å²) < 4.78 is 10.4. The first-order valence-corrected chi connectivity index (χ1v) is 7.87. The number of amides is 1. The van der Waals surface area contributed by atoms with E-state index in [1.165, 1.54) is 0 Å². The van der Waals surface area contributed by atoms with Gasteiger partial charge >= 0.3 is 0 Å². The van der Waals surface area contributed by atoms with E-state index in [1.807, 2.05) is 6.92 Å². The van der Waals surface area contributed by atoms with Gasteiger partial charge in [0.25, 0.3) is 5.91 Å². The van der Waals surface area contributed by atoms with E-state index < -0.39 is 5.60 Å². The van der Waals surface area contributed by atoms with E-state index in [-0.39, 0.29) is 5.91 Å². The molecule has 1 N–H and O–H groups in total. The van der Waals surface area contributed by atoms with Crippen molar-refractivity contribution in [2.45, 2.75) is 25.4 Å². The average Bonchev–Trinajstić information content (AvgIpc) is 3.14. The monoisotopic (exact) mass is 309 g/mol. The molecule has 0 aliphatic carbocycles. The summed E-state index contributed by atoms with van der Waals surface area (Å²) in [5.74, 6) is 0.535. The first-order chi connectivity index (χ1) is 10.6. The Bertz CT molecular complexity index is 527. The molecular weight excluding hydrogens is 286 g/mol. The highest BCUT2D eigenvalue weighted by Crippen LogP contribution is 2.24. The van der Waals surface area contributed by atoms with Gasteiger partial charge in [-0.3, -0.25) is 9.69 Å². The molecule has 0 saturated carbocycles. The molecule has 122 valence electrons. The molecule has 1 aromatic heterocycles. The smallest absolute Gasteiger partial charge is 0.276 e. The second kappa shape index (κ2) is 6.36. The van der Waals surface area contributed by atoms with Crippen molar-refractivity contribution in [2.75, 3.05) is 45.9 Å². The zero-order chi connectivity index (χ0) is 15.6. The third kappa shape index (κ3) is 3.31. The lowest BCUT2D eigenvalue weighted by Gasteiger charge is -2.33. The minimum atomic E-state index is -0.843. The molecule has 3 rings (SSSR count). The van der Waals surface area contributed by atoms with Crippen LogP contribution in [-0.2, 0) is 11.2 Å². The fourth-order valence-electron chi connectivity index (χ4n) is 3.08. The van der Waals surface area contributed by atoms with Crippen LogP contribution in [0.3, 0.4) is 0 Å². The van der Waals surface area contributed by atoms with Gasteiger partial charge in [0.2, 0.25) is 0 Å². The number of β-amino-alcohol motifs (C(OH)–C–C–N with tert-alkyl or cyclic N) is 1. The maximum Gasteiger partial charge on any atom is 0.276 e. The molecule has 1 aromatic rings. The van der Waals surface area contributed by atoms with Crippen molar-refractivity contribution in [3.63, 3.8) is 0 Å². The molecule has 2 saturated heterocycles. The van der Waals surface area contributed by atoms with Gasteiger partial charge in [0.1, 0.15) is 5.76 Å². The number of rotatable bonds is 4. The molecule has 0 bridgehead atoms. The molecule has 0 aromatic carbocycles. The molecule has 2 aliphatic rings. The van der Waals surface area contributed by atoms with Crippen LogP contribution in [0.2, 0.25) is 0 Å². The summed E-state index contributed by atoms with van der Waals surface area (Å²) in [6.45, 7) is 6.50. The van der Waals surface area contributed by atoms with Crippen molar-refractivity contribution in [3.8, 4) is 0 Å². The molecule has 2 aliphatic heterocycles. The normalized spacial score (nSPS) is 26.5. The molecule has 1 atom stereocenters. The Kier molecular flexibility index (Phi) is 4.46. The number of likely N-dealkylation sites (tertiary alicyclic amines) is 1. The molecule has 2 fully saturated rings. The second-order valence-electron chi connectivity index (χ2n) is 6.12. The van der Waals surface area contributed by atoms with Crippen LogP contribution >= 0.6 is 0 Å². The quantitative estimate of drug-likeness (QED) is 0.853. The summed E-state index contributed by atoms with van der Waals surface area (Å²) in [5, 5.41) is 14.6. The topological polar surface area (TPSA) is 79.0 Å². The van der Waals surface area contributed by atoms with Gasteiger partial charge in [-0.2, -0.15) is 0 Å². The van der Waals surface area contributed by atoms with Gasteiger partial charge < -0.3 is 19.3 Å². The van der Waals surface area contributed by atoms with Crippen molar-refractivity contribution >= 4 is 5.91 Å². The van der Waals surface area contributed by atoms with Crippen LogP contribution in [0.25, 0.3) is 0 Å². The van der Waals surface area contributed by atoms with E-state index in [0.717, 1.165) is 13.1 Å². The van der Waals surface area contributed by atoms with Gasteiger partial charge in [-0.05, 0) is 6.42 Å². The minimum Gasteiger partial charge on any atom is -0.387 e. The van der Waals surface area contributed by atoms with E-state index in [1.54, 1.807) is 11.0 Å². The van der Waals surface area contributed by atoms with E-state index in [4.69, 9.17) is 9.26 Å². The summed E-state index contributed by atoms with van der Waals surface area (Å²) in [5.41, 5.74) is -0.517. The molecule has 7 nitrogen and oxygen atoms in total. The third-order valence-corrected chi connectivity index (χ3v) is 4.37. The Balaban J connectivity index is 1.59. The standard InChI is InChI=1S/C15H23N3O4/c1-2-12-9-13(16-22-12)14(19)18-4-3-15(20,11-18)10-17-5-7-21-8-6-17/h9,20H,2-8,10-11H2,1H3. The molecule has 22 heavy (non-hydrogen) atoms. The van der Waals surface area contributed by atoms with Crippen molar-refractivity contribution < 1.29 is 19.2 Å². The number of ether oxygens (including phenoxy) is 1. The van der Waals surface area contributed by atoms with Crippen LogP contribution in [0.5, 0.6) is 0 Å². The first kappa shape index (κ1) is 15.5. The highest BCUT2D eigenvalue weighted by molar-refractivity contribution is 5.92. The Hall–Kier alpha value is -1.44. The van der Waals surface area contributed by atoms with Crippen LogP contribution in [0, 0.1) is 0 Å². The van der Waals surface area contributed by atoms with Gasteiger partial charge in [-0.25, -0.2) is 0 Å². The van der Waals surface area contributed by atoms with E-state index in [0.29, 0.717) is 57.1 Å². The minimum absolute atomic E-state index is 0.165. The lowest BCUT2D eigenvalue weighted by Crippen LogP contribution is -2.49. The zero-order valence-corrected chi connectivity index (χ0v) is 13.0. The van der Waals surface area contributed by atoms with Crippen LogP contribution < -0.4 is 0 Å². The van der Waals surface area contributed by atoms with Crippen LogP contribution in [-0.4, -0.2) is 77.5 Å². The number of aliphatic hydroxyl groups is 1. The van der Waals surface area contributed by atoms with Crippen molar-refractivity contribution in [1.29, 1.82) is 0 Å². The molecule has 3 heterocycles. The number of hydrogen-bond acceptors (Lipinski definition) is 6. The van der Waals surface area contributed by atoms with Gasteiger partial charge in [0.15, 0.2) is 5.69 Å². The maximum absolute atomic E-state index is 12.4. The number of carbonyl (C=O) groups excluding carboxylic acids is 1. The summed E-state index contributed by atoms with van der Waals surface area (Å²) in [4.78, 5) is 16.3. The van der Waals surface area contributed by atoms with Gasteiger partial charge in [0.05, 0.1) is 25.4 Å². The third-order valence-electron chi connectivity index (χ3n) is 4.37. The van der Waals surface area contributed by atoms with Crippen molar-refractivity contribution in [2.24, 2.45) is 0 Å². The van der Waals surface area contributed by atoms with Crippen LogP contribution in [0.4, 0.5) is 0 Å². The summed E-state index contributed by atoms with van der Waals surface area (Å²) in [7, 11) is 0. The summed E-state index contributed by atoms with van der Waals surface area (Å²) in [6.07, 6.45) is 1.30. The van der Waals surface area contributed by atoms with Crippen molar-refractivity contribution in [1.82, 2.24) is 15.0 Å². The number of hydrogen-bond donors (Lipinski definition) is 1. The average molecular weight is 309 g/mol. The second-order valence-corrected chi connectivity index (χ2v) is 6.12. The Labute approximate surface area is 129 Å². The molecule has 0 radical (unpaired) electrons. The summed E-state index contributed by atoms with van der Waals surface area (Å²) >= 11 is 0. The SMILES string of the molecule is CCc1cc(C(=O)N2CCC(O)(CN3CCOCC3)C2)no1. The fourth-order valence-corrected chi connectivity index (χ4v) is 3.08. The lowest BCUT2D eigenvalue weighted by atomic mass is 10.0. The van der Waals surface area contributed by atoms with E-state index in [2.05, 4.69) is 10.1 Å². The van der Waals surface area contributed by atoms with Gasteiger partial charge in [0, 0.05) is 38.7 Å². The highest BCUT2D eigenvalue weighted by atomic mass is 16.5. The Morgan fingerprint density at radius 3 is 2.86 bits per heavy atom. The Morgan fingerprint density at radius 2 is 2.18 bits per heavy atom. The number of nitrogens with zero attached hydrogens (tertiary/aromatic N) is 3. The largest absolute Gasteiger partial charge is 0.387 e. The maximum atomic E-state index is 12.4. The molecule has 1 amide bonds. The zero-order valence-electron chi connectivity index (χ0n) is 13.0. The number of aromatic nitrogens is 1. The van der Waals surface area contributed by atoms with Gasteiger partial charge in [-0.1, -0.05) is 12.1 Å². The van der Waals surface area contributed by atoms with Crippen LogP contribution in [0.15, 0.2) is 10.6 Å². The predicted molar refractivity (Wildman–Crippen MR) is 78.6 cm³/mol. The Morgan fingerprint density at radius 1 is 1.41 bits per heavy atom. The number of aryl methyl sites for hydroxylation is 1. The number of carbonyl (C=O) groups is 1.